The van der Waals surface area contributed by atoms with Gasteiger partial charge in [-0.2, -0.15) is 11.5 Å². The molecule has 0 aliphatic heterocycles. The highest BCUT2D eigenvalue weighted by atomic mass is 16.6. The number of carbonyl (C=O) groups is 3. The summed E-state index contributed by atoms with van der Waals surface area (Å²) in [4.78, 5) is 47.2. The van der Waals surface area contributed by atoms with Crippen molar-refractivity contribution in [2.24, 2.45) is 16.6 Å². The number of guanidine groups is 1. The van der Waals surface area contributed by atoms with E-state index in [-0.39, 0.29) is 36.4 Å². The Kier molecular flexibility index (Phi) is 10.8. The number of hydrogen-bond donors (Lipinski definition) is 5. The van der Waals surface area contributed by atoms with Gasteiger partial charge in [-0.15, -0.1) is 0 Å². The molecule has 0 unspecified atom stereocenters. The van der Waals surface area contributed by atoms with Crippen LogP contribution in [0.2, 0.25) is 0 Å². The predicted octanol–water partition coefficient (Wildman–Crippen LogP) is 1.99. The Balaban J connectivity index is 2.82. The van der Waals surface area contributed by atoms with Gasteiger partial charge in [-0.1, -0.05) is 19.3 Å². The van der Waals surface area contributed by atoms with Gasteiger partial charge in [0, 0.05) is 6.54 Å². The SMILES string of the molecule is [C-]#[N+]NC(N)=NCCC[C@H](NC(=O)c1coc([C@H](CC(C)C)NC(=O)OC(C)(C)C)n1)C(=O)O. The van der Waals surface area contributed by atoms with Crippen molar-refractivity contribution in [2.75, 3.05) is 6.54 Å². The Morgan fingerprint density at radius 2 is 2.00 bits per heavy atom. The highest BCUT2D eigenvalue weighted by molar-refractivity contribution is 5.94. The van der Waals surface area contributed by atoms with Crippen molar-refractivity contribution in [3.63, 3.8) is 0 Å². The van der Waals surface area contributed by atoms with Gasteiger partial charge in [0.15, 0.2) is 5.69 Å². The van der Waals surface area contributed by atoms with Crippen LogP contribution in [0.4, 0.5) is 4.79 Å². The molecule has 13 nitrogen and oxygen atoms in total. The maximum atomic E-state index is 12.6. The lowest BCUT2D eigenvalue weighted by Gasteiger charge is -2.23. The van der Waals surface area contributed by atoms with Crippen LogP contribution in [0.15, 0.2) is 15.7 Å². The summed E-state index contributed by atoms with van der Waals surface area (Å²) in [5.74, 6) is -1.76. The van der Waals surface area contributed by atoms with Crippen LogP contribution in [0.1, 0.15) is 76.3 Å². The van der Waals surface area contributed by atoms with E-state index in [1.54, 1.807) is 20.8 Å². The zero-order chi connectivity index (χ0) is 25.9. The van der Waals surface area contributed by atoms with Gasteiger partial charge in [-0.3, -0.25) is 4.79 Å². The Morgan fingerprint density at radius 3 is 2.56 bits per heavy atom. The van der Waals surface area contributed by atoms with Crippen LogP contribution >= 0.6 is 0 Å². The number of nitrogens with two attached hydrogens (primary N) is 1. The molecule has 6 N–H and O–H groups in total. The predicted molar refractivity (Wildman–Crippen MR) is 122 cm³/mol. The normalized spacial score (nSPS) is 13.5. The van der Waals surface area contributed by atoms with E-state index >= 15 is 0 Å². The molecule has 2 amide bonds. The lowest BCUT2D eigenvalue weighted by molar-refractivity contribution is -0.139. The van der Waals surface area contributed by atoms with Gasteiger partial charge in [0.25, 0.3) is 11.9 Å². The summed E-state index contributed by atoms with van der Waals surface area (Å²) in [6.45, 7) is 15.9. The van der Waals surface area contributed by atoms with Crippen LogP contribution in [0.3, 0.4) is 0 Å². The molecule has 13 heteroatoms. The minimum Gasteiger partial charge on any atom is -0.480 e. The van der Waals surface area contributed by atoms with Crippen molar-refractivity contribution in [3.05, 3.63) is 29.4 Å². The van der Waals surface area contributed by atoms with Gasteiger partial charge in [-0.05, 0) is 46.0 Å². The lowest BCUT2D eigenvalue weighted by Crippen LogP contribution is -2.41. The van der Waals surface area contributed by atoms with Gasteiger partial charge in [0.2, 0.25) is 5.89 Å². The molecule has 1 rings (SSSR count). The molecule has 0 aliphatic rings. The van der Waals surface area contributed by atoms with Crippen molar-refractivity contribution >= 4 is 23.9 Å². The number of amides is 2. The minimum absolute atomic E-state index is 0.0722. The number of nitrogens with one attached hydrogen (secondary N) is 3. The number of hydrogen-bond acceptors (Lipinski definition) is 7. The van der Waals surface area contributed by atoms with Gasteiger partial charge < -0.3 is 30.6 Å². The first-order chi connectivity index (χ1) is 15.8. The van der Waals surface area contributed by atoms with E-state index in [4.69, 9.17) is 21.5 Å². The molecule has 34 heavy (non-hydrogen) atoms. The molecular weight excluding hydrogens is 446 g/mol. The largest absolute Gasteiger partial charge is 0.480 e. The number of nitrogens with zero attached hydrogens (tertiary/aromatic N) is 3. The number of aromatic nitrogens is 1. The fraction of sp³-hybridized carbons (Fsp3) is 0.619. The zero-order valence-electron chi connectivity index (χ0n) is 20.0. The maximum Gasteiger partial charge on any atom is 0.408 e. The van der Waals surface area contributed by atoms with E-state index in [0.717, 1.165) is 6.26 Å². The first kappa shape index (κ1) is 28.2. The molecule has 0 saturated heterocycles. The molecule has 1 aromatic rings. The van der Waals surface area contributed by atoms with Crippen LogP contribution in [-0.2, 0) is 9.53 Å². The minimum atomic E-state index is -1.22. The summed E-state index contributed by atoms with van der Waals surface area (Å²) >= 11 is 0. The number of oxazole rings is 1. The number of carboxylic acid groups (broad SMARTS) is 1. The fourth-order valence-electron chi connectivity index (χ4n) is 2.77. The number of rotatable bonds is 11. The van der Waals surface area contributed by atoms with Crippen LogP contribution < -0.4 is 21.8 Å². The van der Waals surface area contributed by atoms with Crippen LogP contribution in [0.25, 0.3) is 4.95 Å². The van der Waals surface area contributed by atoms with Gasteiger partial charge >= 0.3 is 12.1 Å². The highest BCUT2D eigenvalue weighted by Gasteiger charge is 2.27. The summed E-state index contributed by atoms with van der Waals surface area (Å²) in [7, 11) is 0. The van der Waals surface area contributed by atoms with E-state index in [1.165, 1.54) is 0 Å². The van der Waals surface area contributed by atoms with E-state index in [1.807, 2.05) is 13.8 Å². The van der Waals surface area contributed by atoms with Crippen LogP contribution in [-0.4, -0.2) is 52.2 Å². The van der Waals surface area contributed by atoms with Crippen molar-refractivity contribution in [1.82, 2.24) is 21.0 Å². The Morgan fingerprint density at radius 1 is 1.32 bits per heavy atom. The number of aliphatic carboxylic acids is 1. The Bertz CT molecular complexity index is 913. The number of carbonyl (C=O) groups excluding carboxylic acids is 2. The topological polar surface area (TPSA) is 186 Å². The maximum absolute atomic E-state index is 12.6. The molecule has 188 valence electrons. The smallest absolute Gasteiger partial charge is 0.408 e. The second-order valence-electron chi connectivity index (χ2n) is 8.90. The van der Waals surface area contributed by atoms with Crippen molar-refractivity contribution in [2.45, 2.75) is 71.6 Å². The summed E-state index contributed by atoms with van der Waals surface area (Å²) < 4.78 is 10.7. The second-order valence-corrected chi connectivity index (χ2v) is 8.90. The molecule has 0 aromatic carbocycles. The van der Waals surface area contributed by atoms with E-state index in [2.05, 4.69) is 31.0 Å². The van der Waals surface area contributed by atoms with Crippen LogP contribution in [0.5, 0.6) is 0 Å². The third-order valence-corrected chi connectivity index (χ3v) is 4.16. The van der Waals surface area contributed by atoms with Crippen molar-refractivity contribution < 1.29 is 28.6 Å². The highest BCUT2D eigenvalue weighted by Crippen LogP contribution is 2.22. The number of ether oxygens (including phenoxy) is 1. The Labute approximate surface area is 198 Å². The molecule has 2 atom stereocenters. The summed E-state index contributed by atoms with van der Waals surface area (Å²) in [6, 6.07) is -1.83. The molecule has 0 fully saturated rings. The molecule has 0 bridgehead atoms. The van der Waals surface area contributed by atoms with Crippen molar-refractivity contribution in [1.29, 1.82) is 0 Å². The summed E-state index contributed by atoms with van der Waals surface area (Å²) in [5.41, 5.74) is 6.75. The number of carboxylic acids is 1. The van der Waals surface area contributed by atoms with E-state index in [9.17, 15) is 19.5 Å². The van der Waals surface area contributed by atoms with Gasteiger partial charge in [0.05, 0.1) is 0 Å². The first-order valence-corrected chi connectivity index (χ1v) is 10.7. The van der Waals surface area contributed by atoms with Gasteiger partial charge in [-0.25, -0.2) is 19.6 Å². The van der Waals surface area contributed by atoms with E-state index < -0.39 is 35.7 Å². The van der Waals surface area contributed by atoms with Gasteiger partial charge in [0.1, 0.15) is 23.9 Å². The Hall–Kier alpha value is -3.82. The third-order valence-electron chi connectivity index (χ3n) is 4.16. The fourth-order valence-corrected chi connectivity index (χ4v) is 2.77. The standard InChI is InChI=1S/C21H33N7O6/c1-12(2)10-14(27-20(32)34-21(3,4)5)17-26-15(11-33-17)16(29)25-13(18(30)31)8-7-9-24-19(22)28-23-6/h11-14H,7-10H2,1-5H3,(H,25,29)(H,27,32)(H,30,31)(H3,22,24,28)/t13-,14-/m0/s1. The number of alkyl carbamates (subject to hydrolysis) is 1. The number of aliphatic imine (C=N–C) groups is 1. The van der Waals surface area contributed by atoms with Crippen LogP contribution in [0, 0.1) is 12.5 Å². The first-order valence-electron chi connectivity index (χ1n) is 10.7. The summed E-state index contributed by atoms with van der Waals surface area (Å²) in [5, 5.41) is 14.5. The molecular formula is C21H33N7O6. The quantitative estimate of drug-likeness (QED) is 0.104. The summed E-state index contributed by atoms with van der Waals surface area (Å²) in [6.07, 6.45) is 1.32. The molecule has 0 spiro atoms. The molecule has 1 aromatic heterocycles. The molecule has 0 aliphatic carbocycles. The lowest BCUT2D eigenvalue weighted by atomic mass is 10.0. The van der Waals surface area contributed by atoms with E-state index in [0.29, 0.717) is 12.8 Å². The monoisotopic (exact) mass is 479 g/mol. The van der Waals surface area contributed by atoms with Crippen molar-refractivity contribution in [3.8, 4) is 0 Å². The average Bonchev–Trinajstić information content (AvgIpc) is 3.18. The molecule has 1 heterocycles. The zero-order valence-corrected chi connectivity index (χ0v) is 20.0. The second kappa shape index (κ2) is 13.0. The third kappa shape index (κ3) is 10.7. The molecule has 0 saturated carbocycles. The molecule has 0 radical (unpaired) electrons. The average molecular weight is 480 g/mol.